The van der Waals surface area contributed by atoms with Crippen LogP contribution in [0.15, 0.2) is 48.5 Å². The summed E-state index contributed by atoms with van der Waals surface area (Å²) in [6.07, 6.45) is 0. The van der Waals surface area contributed by atoms with Crippen LogP contribution in [0.25, 0.3) is 11.0 Å². The number of para-hydroxylation sites is 2. The first-order valence-corrected chi connectivity index (χ1v) is 6.99. The highest BCUT2D eigenvalue weighted by molar-refractivity contribution is 5.97. The van der Waals surface area contributed by atoms with Crippen molar-refractivity contribution >= 4 is 28.5 Å². The molecule has 0 saturated heterocycles. The lowest BCUT2D eigenvalue weighted by molar-refractivity contribution is -0.630. The molecule has 3 aromatic rings. The Morgan fingerprint density at radius 1 is 1.26 bits per heavy atom. The summed E-state index contributed by atoms with van der Waals surface area (Å²) in [4.78, 5) is 22.8. The number of aromatic nitrogens is 2. The lowest BCUT2D eigenvalue weighted by atomic mass is 10.1. The average Bonchev–Trinajstić information content (AvgIpc) is 2.80. The summed E-state index contributed by atoms with van der Waals surface area (Å²) in [6, 6.07) is 13.3. The molecular formula is C16H15N4O3+. The van der Waals surface area contributed by atoms with Gasteiger partial charge in [-0.2, -0.15) is 0 Å². The number of benzene rings is 2. The van der Waals surface area contributed by atoms with Gasteiger partial charge in [-0.1, -0.05) is 24.3 Å². The van der Waals surface area contributed by atoms with Crippen LogP contribution in [-0.4, -0.2) is 15.3 Å². The Balaban J connectivity index is 1.99. The van der Waals surface area contributed by atoms with Crippen molar-refractivity contribution in [3.05, 3.63) is 64.2 Å². The third-order valence-electron chi connectivity index (χ3n) is 3.83. The zero-order chi connectivity index (χ0) is 16.6. The molecule has 0 spiro atoms. The molecule has 0 amide bonds. The Hall–Kier alpha value is -3.22. The van der Waals surface area contributed by atoms with Crippen LogP contribution < -0.4 is 10.3 Å². The molecule has 0 fully saturated rings. The van der Waals surface area contributed by atoms with Gasteiger partial charge in [0.2, 0.25) is 0 Å². The molecule has 0 radical (unpaired) electrons. The highest BCUT2D eigenvalue weighted by atomic mass is 16.6. The maximum atomic E-state index is 12.5. The Bertz CT molecular complexity index is 930. The van der Waals surface area contributed by atoms with Crippen LogP contribution in [0.5, 0.6) is 0 Å². The molecular weight excluding hydrogens is 296 g/mol. The van der Waals surface area contributed by atoms with Gasteiger partial charge in [0.25, 0.3) is 5.69 Å². The van der Waals surface area contributed by atoms with E-state index in [0.29, 0.717) is 11.5 Å². The molecule has 2 N–H and O–H groups in total. The molecule has 7 nitrogen and oxygen atoms in total. The van der Waals surface area contributed by atoms with Crippen LogP contribution >= 0.6 is 0 Å². The van der Waals surface area contributed by atoms with Crippen molar-refractivity contribution in [3.8, 4) is 0 Å². The highest BCUT2D eigenvalue weighted by Gasteiger charge is 2.21. The van der Waals surface area contributed by atoms with Gasteiger partial charge in [0.05, 0.1) is 12.0 Å². The summed E-state index contributed by atoms with van der Waals surface area (Å²) >= 11 is 0. The zero-order valence-corrected chi connectivity index (χ0v) is 12.5. The normalized spacial score (nSPS) is 10.8. The number of nitrogens with zero attached hydrogens (tertiary/aromatic N) is 3. The Morgan fingerprint density at radius 3 is 2.74 bits per heavy atom. The number of nitrogens with two attached hydrogens (primary N) is 1. The molecule has 1 heterocycles. The second kappa shape index (κ2) is 5.53. The predicted molar refractivity (Wildman–Crippen MR) is 85.0 cm³/mol. The number of Topliss-reactive ketones (excluding diaryl/α,β-unsaturated/α-hetero) is 1. The number of rotatable bonds is 4. The first-order chi connectivity index (χ1) is 11.0. The molecule has 0 aliphatic heterocycles. The van der Waals surface area contributed by atoms with E-state index < -0.39 is 4.92 Å². The third kappa shape index (κ3) is 2.52. The monoisotopic (exact) mass is 311 g/mol. The second-order valence-electron chi connectivity index (χ2n) is 5.22. The molecule has 0 bridgehead atoms. The van der Waals surface area contributed by atoms with Crippen molar-refractivity contribution in [1.82, 2.24) is 4.57 Å². The van der Waals surface area contributed by atoms with E-state index in [9.17, 15) is 14.9 Å². The number of nitro groups is 1. The number of carbonyl (C=O) groups is 1. The van der Waals surface area contributed by atoms with Gasteiger partial charge >= 0.3 is 5.95 Å². The Kier molecular flexibility index (Phi) is 3.53. The minimum atomic E-state index is -0.518. The van der Waals surface area contributed by atoms with E-state index in [1.165, 1.54) is 18.2 Å². The van der Waals surface area contributed by atoms with E-state index in [-0.39, 0.29) is 18.0 Å². The number of aryl methyl sites for hydroxylation is 1. The molecule has 23 heavy (non-hydrogen) atoms. The van der Waals surface area contributed by atoms with Crippen molar-refractivity contribution < 1.29 is 14.3 Å². The van der Waals surface area contributed by atoms with Crippen LogP contribution in [0.3, 0.4) is 0 Å². The van der Waals surface area contributed by atoms with Gasteiger partial charge in [-0.3, -0.25) is 20.6 Å². The summed E-state index contributed by atoms with van der Waals surface area (Å²) in [5, 5.41) is 10.8. The molecule has 3 rings (SSSR count). The van der Waals surface area contributed by atoms with Crippen molar-refractivity contribution in [1.29, 1.82) is 0 Å². The van der Waals surface area contributed by atoms with Gasteiger partial charge in [-0.15, -0.1) is 0 Å². The van der Waals surface area contributed by atoms with E-state index in [4.69, 9.17) is 5.73 Å². The topological polar surface area (TPSA) is 95.0 Å². The van der Waals surface area contributed by atoms with E-state index in [0.717, 1.165) is 11.0 Å². The third-order valence-corrected chi connectivity index (χ3v) is 3.83. The van der Waals surface area contributed by atoms with Crippen molar-refractivity contribution in [2.24, 2.45) is 7.05 Å². The lowest BCUT2D eigenvalue weighted by Gasteiger charge is -2.02. The minimum absolute atomic E-state index is 0.0222. The average molecular weight is 311 g/mol. The first kappa shape index (κ1) is 14.7. The van der Waals surface area contributed by atoms with E-state index >= 15 is 0 Å². The fourth-order valence-corrected chi connectivity index (χ4v) is 2.60. The summed E-state index contributed by atoms with van der Waals surface area (Å²) < 4.78 is 3.51. The number of nitro benzene ring substituents is 1. The summed E-state index contributed by atoms with van der Waals surface area (Å²) in [5.41, 5.74) is 8.02. The number of imidazole rings is 1. The first-order valence-electron chi connectivity index (χ1n) is 6.99. The molecule has 0 unspecified atom stereocenters. The van der Waals surface area contributed by atoms with Gasteiger partial charge in [-0.25, -0.2) is 9.13 Å². The van der Waals surface area contributed by atoms with Crippen molar-refractivity contribution in [2.75, 3.05) is 5.73 Å². The zero-order valence-electron chi connectivity index (χ0n) is 12.5. The molecule has 1 aromatic heterocycles. The lowest BCUT2D eigenvalue weighted by Crippen LogP contribution is -2.31. The van der Waals surface area contributed by atoms with E-state index in [1.54, 1.807) is 15.2 Å². The number of ketones is 1. The van der Waals surface area contributed by atoms with Gasteiger partial charge < -0.3 is 0 Å². The van der Waals surface area contributed by atoms with Crippen LogP contribution in [0.1, 0.15) is 10.4 Å². The number of non-ortho nitro benzene ring substituents is 1. The van der Waals surface area contributed by atoms with Crippen molar-refractivity contribution in [3.63, 3.8) is 0 Å². The minimum Gasteiger partial charge on any atom is -0.291 e. The van der Waals surface area contributed by atoms with Crippen LogP contribution in [0.4, 0.5) is 11.6 Å². The number of nitrogen functional groups attached to an aromatic ring is 1. The van der Waals surface area contributed by atoms with Crippen molar-refractivity contribution in [2.45, 2.75) is 6.54 Å². The van der Waals surface area contributed by atoms with Crippen LogP contribution in [-0.2, 0) is 13.6 Å². The smallest absolute Gasteiger partial charge is 0.291 e. The summed E-state index contributed by atoms with van der Waals surface area (Å²) in [5.74, 6) is 0.215. The highest BCUT2D eigenvalue weighted by Crippen LogP contribution is 2.18. The maximum Gasteiger partial charge on any atom is 0.356 e. The largest absolute Gasteiger partial charge is 0.356 e. The van der Waals surface area contributed by atoms with Gasteiger partial charge in [0.15, 0.2) is 5.78 Å². The quantitative estimate of drug-likeness (QED) is 0.344. The number of hydrogen-bond acceptors (Lipinski definition) is 4. The molecule has 0 aliphatic rings. The fraction of sp³-hybridized carbons (Fsp3) is 0.125. The standard InChI is InChI=1S/C16H14N4O3/c1-18-13-7-2-3-8-14(13)19(16(18)17)10-15(21)11-5-4-6-12(9-11)20(22)23/h2-9,17H,10H2,1H3/p+1. The Labute approximate surface area is 131 Å². The number of carbonyl (C=O) groups excluding carboxylic acids is 1. The SMILES string of the molecule is C[n+]1c(N)n(CC(=O)c2cccc([N+](=O)[O-])c2)c2ccccc21. The predicted octanol–water partition coefficient (Wildman–Crippen LogP) is 1.84. The number of anilines is 1. The molecule has 0 atom stereocenters. The van der Waals surface area contributed by atoms with E-state index in [1.807, 2.05) is 31.3 Å². The van der Waals surface area contributed by atoms with Gasteiger partial charge in [0.1, 0.15) is 17.6 Å². The summed E-state index contributed by atoms with van der Waals surface area (Å²) in [6.45, 7) is 0.0222. The molecule has 0 saturated carbocycles. The second-order valence-corrected chi connectivity index (χ2v) is 5.22. The van der Waals surface area contributed by atoms with Gasteiger partial charge in [0, 0.05) is 17.7 Å². The fourth-order valence-electron chi connectivity index (χ4n) is 2.60. The van der Waals surface area contributed by atoms with E-state index in [2.05, 4.69) is 0 Å². The molecule has 2 aromatic carbocycles. The molecule has 7 heteroatoms. The Morgan fingerprint density at radius 2 is 2.00 bits per heavy atom. The maximum absolute atomic E-state index is 12.5. The van der Waals surface area contributed by atoms with Crippen LogP contribution in [0.2, 0.25) is 0 Å². The van der Waals surface area contributed by atoms with Crippen LogP contribution in [0, 0.1) is 10.1 Å². The number of hydrogen-bond donors (Lipinski definition) is 1. The molecule has 116 valence electrons. The van der Waals surface area contributed by atoms with Gasteiger partial charge in [-0.05, 0) is 12.1 Å². The molecule has 0 aliphatic carbocycles. The number of fused-ring (bicyclic) bond motifs is 1. The summed E-state index contributed by atoms with van der Waals surface area (Å²) in [7, 11) is 1.83.